The molecule has 12 heteroatoms. The summed E-state index contributed by atoms with van der Waals surface area (Å²) in [5.74, 6) is -0.275. The number of carbonyl (C=O) groups excluding carboxylic acids is 4. The van der Waals surface area contributed by atoms with Crippen LogP contribution >= 0.6 is 22.7 Å². The average molecular weight is 763 g/mol. The number of aryl methyl sites for hydroxylation is 1. The minimum absolute atomic E-state index is 0.128. The molecule has 0 aliphatic rings. The molecule has 0 aliphatic heterocycles. The fourth-order valence-electron chi connectivity index (χ4n) is 5.01. The van der Waals surface area contributed by atoms with Crippen LogP contribution in [0.5, 0.6) is 0 Å². The van der Waals surface area contributed by atoms with E-state index in [0.29, 0.717) is 12.0 Å². The lowest BCUT2D eigenvalue weighted by atomic mass is 9.85. The van der Waals surface area contributed by atoms with Crippen molar-refractivity contribution in [2.75, 3.05) is 19.4 Å². The first kappa shape index (κ1) is 44.1. The number of nitrogens with two attached hydrogens (primary N) is 2. The molecule has 0 radical (unpaired) electrons. The summed E-state index contributed by atoms with van der Waals surface area (Å²) in [6.07, 6.45) is 2.90. The molecule has 3 amide bonds. The molecule has 54 heavy (non-hydrogen) atoms. The summed E-state index contributed by atoms with van der Waals surface area (Å²) in [5, 5.41) is 5.32. The molecular weight excluding hydrogens is 717 g/mol. The normalized spacial score (nSPS) is 10.1. The second-order valence-corrected chi connectivity index (χ2v) is 12.9. The van der Waals surface area contributed by atoms with Gasteiger partial charge in [0.2, 0.25) is 18.7 Å². The zero-order chi connectivity index (χ0) is 39.6. The second-order valence-electron chi connectivity index (χ2n) is 11.1. The molecule has 7 rings (SSSR count). The molecule has 0 bridgehead atoms. The van der Waals surface area contributed by atoms with Gasteiger partial charge in [0.1, 0.15) is 6.79 Å². The van der Waals surface area contributed by atoms with Crippen molar-refractivity contribution in [2.45, 2.75) is 25.7 Å². The summed E-state index contributed by atoms with van der Waals surface area (Å²) in [6.45, 7) is 4.16. The predicted octanol–water partition coefficient (Wildman–Crippen LogP) is 7.64. The van der Waals surface area contributed by atoms with Crippen molar-refractivity contribution in [1.29, 1.82) is 0 Å². The third-order valence-corrected chi connectivity index (χ3v) is 9.04. The summed E-state index contributed by atoms with van der Waals surface area (Å²) in [6, 6.07) is 40.5. The van der Waals surface area contributed by atoms with E-state index in [9.17, 15) is 9.59 Å². The van der Waals surface area contributed by atoms with Crippen LogP contribution in [0.25, 0.3) is 20.4 Å². The number of fused-ring (bicyclic) bond motifs is 2. The Morgan fingerprint density at radius 1 is 0.741 bits per heavy atom. The molecule has 7 aromatic rings. The Kier molecular flexibility index (Phi) is 21.1. The van der Waals surface area contributed by atoms with Gasteiger partial charge in [-0.25, -0.2) is 9.97 Å². The van der Waals surface area contributed by atoms with E-state index in [1.54, 1.807) is 34.3 Å². The number of aromatic nitrogens is 2. The number of thiazole rings is 2. The van der Waals surface area contributed by atoms with Crippen molar-refractivity contribution in [1.82, 2.24) is 15.3 Å². The van der Waals surface area contributed by atoms with Gasteiger partial charge in [-0.15, -0.1) is 22.7 Å². The maximum atomic E-state index is 11.6. The monoisotopic (exact) mass is 762 g/mol. The number of rotatable bonds is 8. The van der Waals surface area contributed by atoms with Crippen molar-refractivity contribution in [2.24, 2.45) is 11.5 Å². The van der Waals surface area contributed by atoms with E-state index in [-0.39, 0.29) is 12.3 Å². The fraction of sp³-hybridized carbons (Fsp3) is 0.143. The van der Waals surface area contributed by atoms with Crippen LogP contribution in [0.2, 0.25) is 0 Å². The average Bonchev–Trinajstić information content (AvgIpc) is 3.89. The summed E-state index contributed by atoms with van der Waals surface area (Å²) in [4.78, 5) is 46.9. The van der Waals surface area contributed by atoms with Crippen LogP contribution in [0.3, 0.4) is 0 Å². The Morgan fingerprint density at radius 3 is 1.78 bits per heavy atom. The Labute approximate surface area is 324 Å². The number of carbonyl (C=O) groups is 4. The molecular formula is C42H46N6O4S2. The van der Waals surface area contributed by atoms with Crippen LogP contribution in [0.15, 0.2) is 132 Å². The second kappa shape index (κ2) is 25.8. The summed E-state index contributed by atoms with van der Waals surface area (Å²) < 4.78 is 2.31. The van der Waals surface area contributed by atoms with Gasteiger partial charge in [0.25, 0.3) is 0 Å². The standard InChI is InChI=1S/C22H18N2OS.C8H6N2OS.C8H10.C2H7N.CH3NO.CH2O/c23-22(25)18-8-4-7-16(12-18)19(11-15-5-2-1-3-6-15)17-9-10-21-20(13-17)24-14-26-21;11-4-9-6-1-2-8-7(3-6)10-5-12-8;1-2-8-6-4-3-5-7-8;1-3-2;2-1-3;1-2/h1-10,12-14,19H,11H2,(H2,23,25);1-5H,(H,9,11);3-7H,2H2,1H3;3H,1-2H3;1H,(H2,2,3);1H2/t19-;;;;;/m1...../s1. The van der Waals surface area contributed by atoms with Crippen molar-refractivity contribution in [3.63, 3.8) is 0 Å². The first-order chi connectivity index (χ1) is 26.4. The van der Waals surface area contributed by atoms with Gasteiger partial charge in [0.05, 0.1) is 31.5 Å². The highest BCUT2D eigenvalue weighted by molar-refractivity contribution is 7.17. The summed E-state index contributed by atoms with van der Waals surface area (Å²) in [7, 11) is 3.75. The number of benzene rings is 5. The number of hydrogen-bond donors (Lipinski definition) is 4. The summed E-state index contributed by atoms with van der Waals surface area (Å²) >= 11 is 3.23. The van der Waals surface area contributed by atoms with Gasteiger partial charge in [-0.1, -0.05) is 85.8 Å². The number of nitrogens with zero attached hydrogens (tertiary/aromatic N) is 2. The van der Waals surface area contributed by atoms with E-state index in [1.807, 2.05) is 68.9 Å². The topological polar surface area (TPSA) is 170 Å². The minimum atomic E-state index is -0.403. The number of anilines is 1. The van der Waals surface area contributed by atoms with Crippen LogP contribution in [0, 0.1) is 0 Å². The first-order valence-electron chi connectivity index (χ1n) is 16.7. The predicted molar refractivity (Wildman–Crippen MR) is 224 cm³/mol. The number of amides is 3. The summed E-state index contributed by atoms with van der Waals surface area (Å²) in [5.41, 5.74) is 21.5. The van der Waals surface area contributed by atoms with E-state index in [4.69, 9.17) is 15.3 Å². The van der Waals surface area contributed by atoms with Gasteiger partial charge in [-0.2, -0.15) is 0 Å². The molecule has 0 spiro atoms. The third kappa shape index (κ3) is 14.9. The molecule has 2 heterocycles. The van der Waals surface area contributed by atoms with Crippen molar-refractivity contribution in [3.05, 3.63) is 160 Å². The lowest BCUT2D eigenvalue weighted by molar-refractivity contribution is -0.107. The van der Waals surface area contributed by atoms with E-state index in [2.05, 4.69) is 106 Å². The van der Waals surface area contributed by atoms with Crippen molar-refractivity contribution in [3.8, 4) is 0 Å². The van der Waals surface area contributed by atoms with E-state index < -0.39 is 5.91 Å². The Hall–Kier alpha value is -6.08. The first-order valence-corrected chi connectivity index (χ1v) is 18.5. The molecule has 0 aliphatic carbocycles. The maximum absolute atomic E-state index is 11.6. The van der Waals surface area contributed by atoms with E-state index in [0.717, 1.165) is 39.8 Å². The van der Waals surface area contributed by atoms with Gasteiger partial charge in [-0.3, -0.25) is 14.4 Å². The molecule has 0 unspecified atom stereocenters. The Morgan fingerprint density at radius 2 is 1.26 bits per heavy atom. The highest BCUT2D eigenvalue weighted by Crippen LogP contribution is 2.32. The van der Waals surface area contributed by atoms with E-state index in [1.165, 1.54) is 21.4 Å². The largest absolute Gasteiger partial charge is 0.372 e. The highest BCUT2D eigenvalue weighted by atomic mass is 32.1. The SMILES string of the molecule is C=O.CCc1ccccc1.CNC.NC(=O)c1cccc([C@@H](Cc2ccccc2)c2ccc3scnc3c2)c1.NC=O.O=CNc1ccc2scnc2c1. The maximum Gasteiger partial charge on any atom is 0.248 e. The fourth-order valence-corrected chi connectivity index (χ4v) is 6.33. The highest BCUT2D eigenvalue weighted by Gasteiger charge is 2.17. The quantitative estimate of drug-likeness (QED) is 0.115. The van der Waals surface area contributed by atoms with Gasteiger partial charge in [-0.05, 0) is 91.7 Å². The Bertz CT molecular complexity index is 2110. The van der Waals surface area contributed by atoms with Gasteiger partial charge >= 0.3 is 0 Å². The van der Waals surface area contributed by atoms with Gasteiger partial charge in [0.15, 0.2) is 0 Å². The minimum Gasteiger partial charge on any atom is -0.372 e. The smallest absolute Gasteiger partial charge is 0.248 e. The Balaban J connectivity index is 0.000000296. The van der Waals surface area contributed by atoms with E-state index >= 15 is 0 Å². The third-order valence-electron chi connectivity index (χ3n) is 7.42. The molecule has 0 saturated heterocycles. The van der Waals surface area contributed by atoms with Crippen LogP contribution in [0.1, 0.15) is 45.5 Å². The van der Waals surface area contributed by atoms with Crippen molar-refractivity contribution >= 4 is 74.3 Å². The van der Waals surface area contributed by atoms with Crippen LogP contribution in [0.4, 0.5) is 5.69 Å². The van der Waals surface area contributed by atoms with Crippen LogP contribution in [-0.2, 0) is 27.2 Å². The zero-order valence-corrected chi connectivity index (χ0v) is 32.2. The molecule has 6 N–H and O–H groups in total. The molecule has 0 fully saturated rings. The molecule has 1 atom stereocenters. The van der Waals surface area contributed by atoms with Crippen molar-refractivity contribution < 1.29 is 19.2 Å². The molecule has 0 saturated carbocycles. The van der Waals surface area contributed by atoms with Crippen LogP contribution < -0.4 is 22.1 Å². The number of primary amides is 2. The number of nitrogens with one attached hydrogen (secondary N) is 2. The van der Waals surface area contributed by atoms with Crippen LogP contribution in [-0.4, -0.2) is 49.6 Å². The van der Waals surface area contributed by atoms with Gasteiger partial charge in [0, 0.05) is 17.2 Å². The zero-order valence-electron chi connectivity index (χ0n) is 30.6. The molecule has 280 valence electrons. The lowest BCUT2D eigenvalue weighted by Crippen LogP contribution is -2.12. The number of hydrogen-bond acceptors (Lipinski definition) is 9. The van der Waals surface area contributed by atoms with Gasteiger partial charge < -0.3 is 26.9 Å². The molecule has 10 nitrogen and oxygen atoms in total. The lowest BCUT2D eigenvalue weighted by Gasteiger charge is -2.19. The molecule has 2 aromatic heterocycles. The molecule has 5 aromatic carbocycles.